The maximum absolute atomic E-state index is 14.2. The molecule has 1 N–H and O–H groups in total. The largest absolute Gasteiger partial charge is 0.493 e. The van der Waals surface area contributed by atoms with Crippen molar-refractivity contribution in [3.63, 3.8) is 0 Å². The van der Waals surface area contributed by atoms with Gasteiger partial charge in [-0.3, -0.25) is 0 Å². The van der Waals surface area contributed by atoms with Crippen LogP contribution in [0, 0.1) is 12.8 Å². The number of methoxy groups -OCH3 is 1. The number of rotatable bonds is 7. The molecule has 1 aromatic carbocycles. The number of aryl methyl sites for hydroxylation is 1. The molecule has 162 valence electrons. The Kier molecular flexibility index (Phi) is 7.69. The zero-order chi connectivity index (χ0) is 21.5. The molecule has 3 rings (SSSR count). The van der Waals surface area contributed by atoms with E-state index in [1.54, 1.807) is 13.2 Å². The molecule has 1 aliphatic carbocycles. The number of piperidine rings is 1. The highest BCUT2D eigenvalue weighted by Gasteiger charge is 2.20. The van der Waals surface area contributed by atoms with Crippen molar-refractivity contribution in [2.24, 2.45) is 10.9 Å². The molecule has 30 heavy (non-hydrogen) atoms. The van der Waals surface area contributed by atoms with Gasteiger partial charge in [0.2, 0.25) is 0 Å². The van der Waals surface area contributed by atoms with Crippen molar-refractivity contribution in [3.05, 3.63) is 59.7 Å². The van der Waals surface area contributed by atoms with E-state index in [4.69, 9.17) is 9.47 Å². The van der Waals surface area contributed by atoms with Crippen molar-refractivity contribution in [2.75, 3.05) is 33.9 Å². The second-order valence-corrected chi connectivity index (χ2v) is 7.92. The van der Waals surface area contributed by atoms with Gasteiger partial charge >= 0.3 is 0 Å². The smallest absolute Gasteiger partial charge is 0.161 e. The van der Waals surface area contributed by atoms with Crippen LogP contribution in [0.1, 0.15) is 36.8 Å². The van der Waals surface area contributed by atoms with Gasteiger partial charge in [0.05, 0.1) is 19.4 Å². The first-order valence-electron chi connectivity index (χ1n) is 10.5. The number of ether oxygens (including phenoxy) is 2. The molecule has 5 nitrogen and oxygen atoms in total. The first kappa shape index (κ1) is 22.1. The fourth-order valence-electron chi connectivity index (χ4n) is 3.76. The van der Waals surface area contributed by atoms with Crippen LogP contribution in [-0.4, -0.2) is 44.6 Å². The topological polar surface area (TPSA) is 46.1 Å². The van der Waals surface area contributed by atoms with Crippen molar-refractivity contribution in [3.8, 4) is 11.5 Å². The van der Waals surface area contributed by atoms with E-state index in [0.717, 1.165) is 42.8 Å². The van der Waals surface area contributed by atoms with Crippen molar-refractivity contribution < 1.29 is 13.9 Å². The first-order valence-corrected chi connectivity index (χ1v) is 10.5. The molecule has 1 fully saturated rings. The van der Waals surface area contributed by atoms with Crippen LogP contribution in [0.25, 0.3) is 0 Å². The van der Waals surface area contributed by atoms with Crippen molar-refractivity contribution >= 4 is 5.84 Å². The summed E-state index contributed by atoms with van der Waals surface area (Å²) >= 11 is 0. The Bertz CT molecular complexity index is 852. The third-order valence-electron chi connectivity index (χ3n) is 5.66. The number of likely N-dealkylation sites (tertiary alicyclic amines) is 1. The maximum atomic E-state index is 14.2. The van der Waals surface area contributed by atoms with E-state index in [2.05, 4.69) is 28.8 Å². The van der Waals surface area contributed by atoms with Crippen LogP contribution in [0.2, 0.25) is 0 Å². The summed E-state index contributed by atoms with van der Waals surface area (Å²) in [5.41, 5.74) is 2.21. The van der Waals surface area contributed by atoms with E-state index in [0.29, 0.717) is 42.6 Å². The van der Waals surface area contributed by atoms with Gasteiger partial charge in [0.25, 0.3) is 0 Å². The summed E-state index contributed by atoms with van der Waals surface area (Å²) in [5.74, 6) is 2.27. The Morgan fingerprint density at radius 2 is 2.10 bits per heavy atom. The van der Waals surface area contributed by atoms with Crippen LogP contribution in [0.3, 0.4) is 0 Å². The van der Waals surface area contributed by atoms with Gasteiger partial charge in [-0.25, -0.2) is 9.38 Å². The number of nitrogens with zero attached hydrogens (tertiary/aromatic N) is 2. The minimum absolute atomic E-state index is 0.169. The quantitative estimate of drug-likeness (QED) is 0.518. The normalized spacial score (nSPS) is 18.5. The lowest BCUT2D eigenvalue weighted by atomic mass is 9.98. The summed E-state index contributed by atoms with van der Waals surface area (Å²) in [6.45, 7) is 8.58. The lowest BCUT2D eigenvalue weighted by Crippen LogP contribution is -2.32. The molecule has 0 bridgehead atoms. The lowest BCUT2D eigenvalue weighted by Gasteiger charge is -2.29. The molecule has 1 heterocycles. The number of halogens is 1. The SMILES string of the molecule is C=CN=C(NC1=C(F)CCC=C1)c1cc(OC)c(OCC2CCN(C)CC2)cc1C. The highest BCUT2D eigenvalue weighted by molar-refractivity contribution is 6.02. The van der Waals surface area contributed by atoms with E-state index >= 15 is 0 Å². The molecule has 0 radical (unpaired) electrons. The highest BCUT2D eigenvalue weighted by atomic mass is 19.1. The predicted molar refractivity (Wildman–Crippen MR) is 120 cm³/mol. The van der Waals surface area contributed by atoms with E-state index in [1.807, 2.05) is 25.1 Å². The summed E-state index contributed by atoms with van der Waals surface area (Å²) < 4.78 is 25.9. The molecular weight excluding hydrogens is 381 g/mol. The van der Waals surface area contributed by atoms with Crippen LogP contribution in [0.15, 0.2) is 53.6 Å². The molecule has 0 aromatic heterocycles. The fourth-order valence-corrected chi connectivity index (χ4v) is 3.76. The minimum Gasteiger partial charge on any atom is -0.493 e. The molecule has 0 atom stereocenters. The molecule has 1 aliphatic heterocycles. The van der Waals surface area contributed by atoms with Crippen LogP contribution in [-0.2, 0) is 0 Å². The number of allylic oxidation sites excluding steroid dienone is 3. The molecule has 0 saturated carbocycles. The summed E-state index contributed by atoms with van der Waals surface area (Å²) in [4.78, 5) is 6.70. The number of hydrogen-bond donors (Lipinski definition) is 1. The number of aliphatic imine (C=N–C) groups is 1. The zero-order valence-corrected chi connectivity index (χ0v) is 18.2. The molecule has 1 saturated heterocycles. The fraction of sp³-hybridized carbons (Fsp3) is 0.458. The van der Waals surface area contributed by atoms with Crippen LogP contribution in [0.4, 0.5) is 4.39 Å². The van der Waals surface area contributed by atoms with E-state index in [9.17, 15) is 4.39 Å². The number of hydrogen-bond acceptors (Lipinski definition) is 4. The third-order valence-corrected chi connectivity index (χ3v) is 5.66. The molecule has 0 unspecified atom stereocenters. The van der Waals surface area contributed by atoms with Gasteiger partial charge in [-0.15, -0.1) is 0 Å². The van der Waals surface area contributed by atoms with Gasteiger partial charge in [-0.2, -0.15) is 0 Å². The number of benzene rings is 1. The van der Waals surface area contributed by atoms with E-state index in [-0.39, 0.29) is 5.83 Å². The number of nitrogens with one attached hydrogen (secondary N) is 1. The Morgan fingerprint density at radius 1 is 1.33 bits per heavy atom. The average Bonchev–Trinajstić information content (AvgIpc) is 2.74. The Morgan fingerprint density at radius 3 is 2.77 bits per heavy atom. The minimum atomic E-state index is -0.169. The maximum Gasteiger partial charge on any atom is 0.161 e. The third kappa shape index (κ3) is 5.51. The van der Waals surface area contributed by atoms with Crippen molar-refractivity contribution in [1.29, 1.82) is 0 Å². The Hall–Kier alpha value is -2.60. The summed E-state index contributed by atoms with van der Waals surface area (Å²) in [6, 6.07) is 3.85. The van der Waals surface area contributed by atoms with Crippen molar-refractivity contribution in [1.82, 2.24) is 10.2 Å². The predicted octanol–water partition coefficient (Wildman–Crippen LogP) is 4.74. The Balaban J connectivity index is 1.79. The second kappa shape index (κ2) is 10.4. The summed E-state index contributed by atoms with van der Waals surface area (Å²) in [5, 5.41) is 3.12. The van der Waals surface area contributed by atoms with Gasteiger partial charge in [0, 0.05) is 18.2 Å². The summed E-state index contributed by atoms with van der Waals surface area (Å²) in [7, 11) is 3.78. The van der Waals surface area contributed by atoms with Gasteiger partial charge in [0.15, 0.2) is 11.5 Å². The highest BCUT2D eigenvalue weighted by Crippen LogP contribution is 2.32. The first-order chi connectivity index (χ1) is 14.5. The summed E-state index contributed by atoms with van der Waals surface area (Å²) in [6.07, 6.45) is 8.54. The molecular formula is C24H32FN3O2. The average molecular weight is 414 g/mol. The van der Waals surface area contributed by atoms with Gasteiger partial charge in [-0.05, 0) is 76.0 Å². The molecule has 1 aromatic rings. The molecule has 2 aliphatic rings. The monoisotopic (exact) mass is 413 g/mol. The van der Waals surface area contributed by atoms with Gasteiger partial charge in [-0.1, -0.05) is 12.7 Å². The molecule has 6 heteroatoms. The number of amidine groups is 1. The van der Waals surface area contributed by atoms with E-state index in [1.165, 1.54) is 6.20 Å². The van der Waals surface area contributed by atoms with Crippen LogP contribution in [0.5, 0.6) is 11.5 Å². The van der Waals surface area contributed by atoms with Crippen molar-refractivity contribution in [2.45, 2.75) is 32.6 Å². The van der Waals surface area contributed by atoms with E-state index < -0.39 is 0 Å². The molecule has 0 spiro atoms. The zero-order valence-electron chi connectivity index (χ0n) is 18.2. The van der Waals surface area contributed by atoms with Gasteiger partial charge in [0.1, 0.15) is 11.7 Å². The lowest BCUT2D eigenvalue weighted by molar-refractivity contribution is 0.157. The van der Waals surface area contributed by atoms with Crippen LogP contribution < -0.4 is 14.8 Å². The Labute approximate surface area is 179 Å². The molecule has 0 amide bonds. The second-order valence-electron chi connectivity index (χ2n) is 7.92. The van der Waals surface area contributed by atoms with Gasteiger partial charge < -0.3 is 19.7 Å². The standard InChI is InChI=1S/C24H32FN3O2/c1-5-26-24(27-21-9-7-6-8-20(21)25)19-15-22(29-4)23(14-17(19)2)30-16-18-10-12-28(3)13-11-18/h5,7,9,14-15,18H,1,6,8,10-13,16H2,2-4H3,(H,26,27). The van der Waals surface area contributed by atoms with Crippen LogP contribution >= 0.6 is 0 Å².